The van der Waals surface area contributed by atoms with Crippen molar-refractivity contribution < 1.29 is 14.2 Å². The smallest absolute Gasteiger partial charge is 0.178 e. The molecule has 0 saturated heterocycles. The van der Waals surface area contributed by atoms with Gasteiger partial charge in [-0.2, -0.15) is 0 Å². The fourth-order valence-electron chi connectivity index (χ4n) is 2.77. The third-order valence-electron chi connectivity index (χ3n) is 4.21. The molecule has 25 heavy (non-hydrogen) atoms. The zero-order valence-corrected chi connectivity index (χ0v) is 15.6. The fourth-order valence-corrected chi connectivity index (χ4v) is 2.77. The SMILES string of the molecule is [CH2]OC(C)[C@@H](Oc1ccccc1CCc1cccc(OC)c1)N(C)C. The van der Waals surface area contributed by atoms with Crippen molar-refractivity contribution in [2.45, 2.75) is 32.1 Å². The highest BCUT2D eigenvalue weighted by molar-refractivity contribution is 5.35. The van der Waals surface area contributed by atoms with Gasteiger partial charge in [-0.25, -0.2) is 0 Å². The maximum Gasteiger partial charge on any atom is 0.178 e. The summed E-state index contributed by atoms with van der Waals surface area (Å²) in [6.45, 7) is 1.95. The van der Waals surface area contributed by atoms with E-state index in [9.17, 15) is 0 Å². The number of rotatable bonds is 9. The van der Waals surface area contributed by atoms with E-state index < -0.39 is 0 Å². The summed E-state index contributed by atoms with van der Waals surface area (Å²) in [6.07, 6.45) is 1.48. The van der Waals surface area contributed by atoms with E-state index >= 15 is 0 Å². The van der Waals surface area contributed by atoms with E-state index in [2.05, 4.69) is 25.3 Å². The molecule has 0 N–H and O–H groups in total. The lowest BCUT2D eigenvalue weighted by Gasteiger charge is -2.30. The van der Waals surface area contributed by atoms with E-state index in [-0.39, 0.29) is 12.3 Å². The largest absolute Gasteiger partial charge is 0.497 e. The molecule has 4 heteroatoms. The van der Waals surface area contributed by atoms with Crippen molar-refractivity contribution in [2.24, 2.45) is 0 Å². The molecule has 0 amide bonds. The van der Waals surface area contributed by atoms with Gasteiger partial charge in [0, 0.05) is 0 Å². The van der Waals surface area contributed by atoms with Crippen LogP contribution in [0, 0.1) is 7.11 Å². The summed E-state index contributed by atoms with van der Waals surface area (Å²) >= 11 is 0. The van der Waals surface area contributed by atoms with Crippen LogP contribution in [0.5, 0.6) is 11.5 Å². The zero-order valence-electron chi connectivity index (χ0n) is 15.6. The van der Waals surface area contributed by atoms with E-state index in [1.54, 1.807) is 7.11 Å². The topological polar surface area (TPSA) is 30.9 Å². The Labute approximate surface area is 151 Å². The van der Waals surface area contributed by atoms with E-state index in [0.29, 0.717) is 0 Å². The summed E-state index contributed by atoms with van der Waals surface area (Å²) in [5.74, 6) is 1.77. The molecule has 1 radical (unpaired) electrons. The summed E-state index contributed by atoms with van der Waals surface area (Å²) in [5.41, 5.74) is 2.42. The van der Waals surface area contributed by atoms with Crippen LogP contribution in [0.4, 0.5) is 0 Å². The van der Waals surface area contributed by atoms with Crippen molar-refractivity contribution in [3.63, 3.8) is 0 Å². The van der Waals surface area contributed by atoms with Gasteiger partial charge in [-0.3, -0.25) is 4.90 Å². The third-order valence-corrected chi connectivity index (χ3v) is 4.21. The molecule has 0 saturated carbocycles. The molecule has 135 valence electrons. The van der Waals surface area contributed by atoms with Gasteiger partial charge in [0.2, 0.25) is 0 Å². The number of para-hydroxylation sites is 1. The minimum Gasteiger partial charge on any atom is -0.497 e. The molecule has 0 aliphatic rings. The molecule has 0 fully saturated rings. The van der Waals surface area contributed by atoms with Crippen molar-refractivity contribution in [1.29, 1.82) is 0 Å². The van der Waals surface area contributed by atoms with Crippen molar-refractivity contribution >= 4 is 0 Å². The standard InChI is InChI=1S/C21H28NO3/c1-16(23-4)21(22(2)3)25-20-12-7-6-10-18(20)14-13-17-9-8-11-19(15-17)24-5/h6-12,15-16,21H,4,13-14H2,1-3,5H3/t16?,21-/m1/s1. The summed E-state index contributed by atoms with van der Waals surface area (Å²) in [6, 6.07) is 16.3. The van der Waals surface area contributed by atoms with Gasteiger partial charge in [0.15, 0.2) is 6.23 Å². The van der Waals surface area contributed by atoms with Crippen LogP contribution in [-0.4, -0.2) is 38.4 Å². The van der Waals surface area contributed by atoms with E-state index in [1.165, 1.54) is 11.1 Å². The Morgan fingerprint density at radius 3 is 2.48 bits per heavy atom. The normalized spacial score (nSPS) is 13.5. The van der Waals surface area contributed by atoms with Gasteiger partial charge in [-0.1, -0.05) is 30.3 Å². The zero-order chi connectivity index (χ0) is 18.2. The third kappa shape index (κ3) is 5.48. The molecular formula is C21H28NO3. The van der Waals surface area contributed by atoms with Crippen LogP contribution < -0.4 is 9.47 Å². The number of likely N-dealkylation sites (N-methyl/N-ethyl adjacent to an activating group) is 1. The first-order valence-corrected chi connectivity index (χ1v) is 8.50. The van der Waals surface area contributed by atoms with Crippen molar-refractivity contribution in [3.8, 4) is 11.5 Å². The van der Waals surface area contributed by atoms with Crippen molar-refractivity contribution in [3.05, 3.63) is 66.8 Å². The predicted molar refractivity (Wildman–Crippen MR) is 101 cm³/mol. The van der Waals surface area contributed by atoms with Gasteiger partial charge in [0.1, 0.15) is 17.6 Å². The number of methoxy groups -OCH3 is 1. The summed E-state index contributed by atoms with van der Waals surface area (Å²) in [5, 5.41) is 0. The minimum absolute atomic E-state index is 0.138. The number of hydrogen-bond acceptors (Lipinski definition) is 4. The molecule has 0 aliphatic carbocycles. The lowest BCUT2D eigenvalue weighted by molar-refractivity contribution is -0.0437. The molecule has 0 aromatic heterocycles. The van der Waals surface area contributed by atoms with Gasteiger partial charge in [0.25, 0.3) is 0 Å². The van der Waals surface area contributed by atoms with Gasteiger partial charge < -0.3 is 14.2 Å². The first-order valence-electron chi connectivity index (χ1n) is 8.50. The maximum atomic E-state index is 6.23. The van der Waals surface area contributed by atoms with E-state index in [1.807, 2.05) is 56.3 Å². The number of ether oxygens (including phenoxy) is 3. The molecule has 1 unspecified atom stereocenters. The van der Waals surface area contributed by atoms with Crippen LogP contribution in [0.15, 0.2) is 48.5 Å². The predicted octanol–water partition coefficient (Wildman–Crippen LogP) is 3.94. The van der Waals surface area contributed by atoms with Crippen molar-refractivity contribution in [1.82, 2.24) is 4.90 Å². The molecule has 0 spiro atoms. The van der Waals surface area contributed by atoms with Crippen LogP contribution in [0.25, 0.3) is 0 Å². The molecule has 2 rings (SSSR count). The summed E-state index contributed by atoms with van der Waals surface area (Å²) in [4.78, 5) is 1.99. The Balaban J connectivity index is 2.11. The minimum atomic E-state index is -0.199. The Morgan fingerprint density at radius 2 is 1.80 bits per heavy atom. The van der Waals surface area contributed by atoms with Gasteiger partial charge in [0.05, 0.1) is 14.2 Å². The van der Waals surface area contributed by atoms with Crippen LogP contribution in [-0.2, 0) is 17.6 Å². The van der Waals surface area contributed by atoms with Gasteiger partial charge >= 0.3 is 0 Å². The molecule has 4 nitrogen and oxygen atoms in total. The Morgan fingerprint density at radius 1 is 1.04 bits per heavy atom. The number of nitrogens with zero attached hydrogens (tertiary/aromatic N) is 1. The Kier molecular flexibility index (Phi) is 7.29. The molecule has 0 heterocycles. The van der Waals surface area contributed by atoms with Crippen LogP contribution in [0.3, 0.4) is 0 Å². The maximum absolute atomic E-state index is 6.23. The van der Waals surface area contributed by atoms with Crippen LogP contribution in [0.1, 0.15) is 18.1 Å². The quantitative estimate of drug-likeness (QED) is 0.646. The highest BCUT2D eigenvalue weighted by Crippen LogP contribution is 2.24. The second-order valence-electron chi connectivity index (χ2n) is 6.30. The molecule has 2 aromatic rings. The second-order valence-corrected chi connectivity index (χ2v) is 6.30. The number of aryl methyl sites for hydroxylation is 2. The fraction of sp³-hybridized carbons (Fsp3) is 0.381. The number of hydrogen-bond donors (Lipinski definition) is 0. The summed E-state index contributed by atoms with van der Waals surface area (Å²) < 4.78 is 16.7. The molecule has 0 aliphatic heterocycles. The Bertz CT molecular complexity index is 657. The highest BCUT2D eigenvalue weighted by atomic mass is 16.5. The van der Waals surface area contributed by atoms with Crippen LogP contribution >= 0.6 is 0 Å². The molecule has 0 bridgehead atoms. The lowest BCUT2D eigenvalue weighted by atomic mass is 10.0. The number of benzene rings is 2. The van der Waals surface area contributed by atoms with E-state index in [0.717, 1.165) is 24.3 Å². The first kappa shape index (κ1) is 19.3. The average molecular weight is 342 g/mol. The highest BCUT2D eigenvalue weighted by Gasteiger charge is 2.22. The van der Waals surface area contributed by atoms with E-state index in [4.69, 9.17) is 14.2 Å². The van der Waals surface area contributed by atoms with Crippen molar-refractivity contribution in [2.75, 3.05) is 21.2 Å². The second kappa shape index (κ2) is 9.44. The monoisotopic (exact) mass is 342 g/mol. The molecular weight excluding hydrogens is 314 g/mol. The summed E-state index contributed by atoms with van der Waals surface area (Å²) in [7, 11) is 9.16. The molecule has 2 aromatic carbocycles. The van der Waals surface area contributed by atoms with Gasteiger partial charge in [-0.05, 0) is 63.2 Å². The first-order chi connectivity index (χ1) is 12.0. The van der Waals surface area contributed by atoms with Gasteiger partial charge in [-0.15, -0.1) is 0 Å². The average Bonchev–Trinajstić information content (AvgIpc) is 2.64. The Hall–Kier alpha value is -2.04. The van der Waals surface area contributed by atoms with Crippen LogP contribution in [0.2, 0.25) is 0 Å². The lowest BCUT2D eigenvalue weighted by Crippen LogP contribution is -2.43. The molecule has 2 atom stereocenters.